The van der Waals surface area contributed by atoms with Crippen molar-refractivity contribution < 1.29 is 0 Å². The van der Waals surface area contributed by atoms with E-state index in [4.69, 9.17) is 0 Å². The van der Waals surface area contributed by atoms with Crippen LogP contribution in [0.2, 0.25) is 0 Å². The quantitative estimate of drug-likeness (QED) is 0.188. The second-order valence-electron chi connectivity index (χ2n) is 8.98. The molecule has 0 aliphatic rings. The van der Waals surface area contributed by atoms with Crippen molar-refractivity contribution in [1.82, 2.24) is 9.13 Å². The Labute approximate surface area is 185 Å². The van der Waals surface area contributed by atoms with Gasteiger partial charge in [-0.2, -0.15) is 0 Å². The van der Waals surface area contributed by atoms with Crippen LogP contribution in [0, 0.1) is 6.92 Å². The number of unbranched alkanes of at least 4 members (excludes halogenated alkanes) is 3. The predicted molar refractivity (Wildman–Crippen MR) is 136 cm³/mol. The van der Waals surface area contributed by atoms with Gasteiger partial charge in [-0.3, -0.25) is 0 Å². The normalized spacial score (nSPS) is 12.1. The number of hydrogen-bond acceptors (Lipinski definition) is 0. The van der Waals surface area contributed by atoms with Gasteiger partial charge in [0.05, 0.1) is 11.0 Å². The second kappa shape index (κ2) is 8.07. The summed E-state index contributed by atoms with van der Waals surface area (Å²) in [5, 5.41) is 8.23. The highest BCUT2D eigenvalue weighted by Gasteiger charge is 2.14. The SMILES string of the molecule is CCCCCCc1cc2ccc3c4ccc5cc(C)n(CC)c5c4ccc3c2n1CC. The largest absolute Gasteiger partial charge is 0.345 e. The molecule has 0 amide bonds. The molecule has 0 fully saturated rings. The molecule has 2 heteroatoms. The summed E-state index contributed by atoms with van der Waals surface area (Å²) in [6.07, 6.45) is 6.44. The summed E-state index contributed by atoms with van der Waals surface area (Å²) in [5.74, 6) is 0. The van der Waals surface area contributed by atoms with Crippen LogP contribution in [0.1, 0.15) is 57.8 Å². The van der Waals surface area contributed by atoms with Crippen LogP contribution in [0.3, 0.4) is 0 Å². The lowest BCUT2D eigenvalue weighted by Crippen LogP contribution is -2.01. The molecule has 0 radical (unpaired) electrons. The predicted octanol–water partition coefficient (Wildman–Crippen LogP) is 8.37. The molecule has 0 saturated carbocycles. The molecule has 0 aliphatic heterocycles. The number of hydrogen-bond donors (Lipinski definition) is 0. The van der Waals surface area contributed by atoms with Gasteiger partial charge in [0.15, 0.2) is 0 Å². The summed E-state index contributed by atoms with van der Waals surface area (Å²) in [4.78, 5) is 0. The van der Waals surface area contributed by atoms with E-state index >= 15 is 0 Å². The van der Waals surface area contributed by atoms with Crippen LogP contribution < -0.4 is 0 Å². The van der Waals surface area contributed by atoms with E-state index < -0.39 is 0 Å². The Hall–Kier alpha value is -2.74. The maximum Gasteiger partial charge on any atom is 0.0562 e. The number of aryl methyl sites for hydroxylation is 4. The Bertz CT molecular complexity index is 1400. The van der Waals surface area contributed by atoms with Crippen molar-refractivity contribution in [3.63, 3.8) is 0 Å². The molecule has 0 saturated heterocycles. The summed E-state index contributed by atoms with van der Waals surface area (Å²) in [6.45, 7) is 11.1. The van der Waals surface area contributed by atoms with E-state index in [1.807, 2.05) is 0 Å². The zero-order chi connectivity index (χ0) is 21.5. The van der Waals surface area contributed by atoms with E-state index in [1.54, 1.807) is 0 Å². The van der Waals surface area contributed by atoms with Crippen LogP contribution in [-0.2, 0) is 19.5 Å². The zero-order valence-corrected chi connectivity index (χ0v) is 19.5. The van der Waals surface area contributed by atoms with Crippen LogP contribution >= 0.6 is 0 Å². The van der Waals surface area contributed by atoms with Gasteiger partial charge in [-0.1, -0.05) is 62.6 Å². The van der Waals surface area contributed by atoms with Gasteiger partial charge in [-0.25, -0.2) is 0 Å². The fourth-order valence-electron chi connectivity index (χ4n) is 5.65. The lowest BCUT2D eigenvalue weighted by molar-refractivity contribution is 0.638. The third kappa shape index (κ3) is 3.15. The molecule has 0 bridgehead atoms. The van der Waals surface area contributed by atoms with Crippen molar-refractivity contribution in [3.8, 4) is 0 Å². The van der Waals surface area contributed by atoms with Crippen LogP contribution in [0.25, 0.3) is 43.4 Å². The molecule has 2 nitrogen and oxygen atoms in total. The summed E-state index contributed by atoms with van der Waals surface area (Å²) < 4.78 is 5.01. The first-order chi connectivity index (χ1) is 15.2. The number of benzene rings is 3. The minimum atomic E-state index is 1.01. The Balaban J connectivity index is 1.74. The van der Waals surface area contributed by atoms with Gasteiger partial charge in [0.25, 0.3) is 0 Å². The number of fused-ring (bicyclic) bond motifs is 7. The monoisotopic (exact) mass is 410 g/mol. The summed E-state index contributed by atoms with van der Waals surface area (Å²) in [5.41, 5.74) is 5.62. The molecule has 0 unspecified atom stereocenters. The van der Waals surface area contributed by atoms with Gasteiger partial charge < -0.3 is 9.13 Å². The molecule has 160 valence electrons. The van der Waals surface area contributed by atoms with E-state index in [1.165, 1.54) is 86.8 Å². The van der Waals surface area contributed by atoms with Crippen LogP contribution in [-0.4, -0.2) is 9.13 Å². The molecular weight excluding hydrogens is 376 g/mol. The van der Waals surface area contributed by atoms with Crippen molar-refractivity contribution >= 4 is 43.4 Å². The zero-order valence-electron chi connectivity index (χ0n) is 19.5. The maximum absolute atomic E-state index is 2.56. The van der Waals surface area contributed by atoms with Crippen LogP contribution in [0.4, 0.5) is 0 Å². The van der Waals surface area contributed by atoms with Crippen molar-refractivity contribution in [3.05, 3.63) is 59.9 Å². The maximum atomic E-state index is 2.56. The molecule has 31 heavy (non-hydrogen) atoms. The van der Waals surface area contributed by atoms with Gasteiger partial charge in [0.1, 0.15) is 0 Å². The van der Waals surface area contributed by atoms with Crippen LogP contribution in [0.15, 0.2) is 48.5 Å². The second-order valence-corrected chi connectivity index (χ2v) is 8.98. The molecule has 5 aromatic rings. The smallest absolute Gasteiger partial charge is 0.0562 e. The van der Waals surface area contributed by atoms with Gasteiger partial charge in [-0.15, -0.1) is 0 Å². The first-order valence-corrected chi connectivity index (χ1v) is 12.1. The summed E-state index contributed by atoms with van der Waals surface area (Å²) in [6, 6.07) is 18.8. The minimum absolute atomic E-state index is 1.01. The molecule has 0 spiro atoms. The van der Waals surface area contributed by atoms with Gasteiger partial charge in [-0.05, 0) is 56.5 Å². The third-order valence-electron chi connectivity index (χ3n) is 7.12. The summed E-state index contributed by atoms with van der Waals surface area (Å²) in [7, 11) is 0. The fourth-order valence-corrected chi connectivity index (χ4v) is 5.65. The lowest BCUT2D eigenvalue weighted by atomic mass is 9.98. The molecule has 2 heterocycles. The minimum Gasteiger partial charge on any atom is -0.345 e. The lowest BCUT2D eigenvalue weighted by Gasteiger charge is -2.12. The average Bonchev–Trinajstić information content (AvgIpc) is 3.32. The standard InChI is InChI=1S/C29H34N2/c1-5-8-9-10-11-23-19-22-13-15-25-24-14-12-21-18-20(4)30(6-2)28(21)26(24)16-17-27(25)29(22)31(23)7-3/h12-19H,5-11H2,1-4H3. The van der Waals surface area contributed by atoms with Crippen molar-refractivity contribution in [2.24, 2.45) is 0 Å². The number of aromatic nitrogens is 2. The number of rotatable bonds is 7. The van der Waals surface area contributed by atoms with Gasteiger partial charge in [0.2, 0.25) is 0 Å². The first kappa shape index (κ1) is 20.2. The molecule has 0 N–H and O–H groups in total. The van der Waals surface area contributed by atoms with Crippen molar-refractivity contribution in [2.75, 3.05) is 0 Å². The first-order valence-electron chi connectivity index (χ1n) is 12.1. The molecule has 0 atom stereocenters. The van der Waals surface area contributed by atoms with E-state index in [0.29, 0.717) is 0 Å². The highest BCUT2D eigenvalue weighted by atomic mass is 15.0. The van der Waals surface area contributed by atoms with E-state index in [0.717, 1.165) is 13.1 Å². The topological polar surface area (TPSA) is 9.86 Å². The summed E-state index contributed by atoms with van der Waals surface area (Å²) >= 11 is 0. The van der Waals surface area contributed by atoms with E-state index in [-0.39, 0.29) is 0 Å². The molecule has 5 rings (SSSR count). The van der Waals surface area contributed by atoms with Crippen molar-refractivity contribution in [2.45, 2.75) is 72.9 Å². The Morgan fingerprint density at radius 2 is 1.19 bits per heavy atom. The number of nitrogens with zero attached hydrogens (tertiary/aromatic N) is 2. The molecule has 0 aliphatic carbocycles. The third-order valence-corrected chi connectivity index (χ3v) is 7.12. The van der Waals surface area contributed by atoms with Gasteiger partial charge in [0, 0.05) is 46.0 Å². The Kier molecular flexibility index (Phi) is 5.25. The van der Waals surface area contributed by atoms with Crippen LogP contribution in [0.5, 0.6) is 0 Å². The van der Waals surface area contributed by atoms with E-state index in [2.05, 4.69) is 85.4 Å². The molecular formula is C29H34N2. The average molecular weight is 411 g/mol. The van der Waals surface area contributed by atoms with Crippen molar-refractivity contribution in [1.29, 1.82) is 0 Å². The highest BCUT2D eigenvalue weighted by Crippen LogP contribution is 2.37. The highest BCUT2D eigenvalue weighted by molar-refractivity contribution is 6.21. The molecule has 2 aromatic heterocycles. The van der Waals surface area contributed by atoms with E-state index in [9.17, 15) is 0 Å². The Morgan fingerprint density at radius 3 is 1.81 bits per heavy atom. The molecule has 3 aromatic carbocycles. The fraction of sp³-hybridized carbons (Fsp3) is 0.379. The Morgan fingerprint density at radius 1 is 0.613 bits per heavy atom. The van der Waals surface area contributed by atoms with Gasteiger partial charge >= 0.3 is 0 Å².